The van der Waals surface area contributed by atoms with Crippen LogP contribution in [0.5, 0.6) is 0 Å². The highest BCUT2D eigenvalue weighted by Crippen LogP contribution is 2.56. The Morgan fingerprint density at radius 3 is 1.49 bits per heavy atom. The number of aromatic nitrogens is 1. The van der Waals surface area contributed by atoms with Crippen LogP contribution in [-0.2, 0) is 5.41 Å². The number of hydrogen-bond donors (Lipinski definition) is 0. The van der Waals surface area contributed by atoms with E-state index in [1.807, 2.05) is 0 Å². The Hall–Kier alpha value is -7.87. The molecule has 11 aromatic rings. The molecular formula is C60H39N. The van der Waals surface area contributed by atoms with E-state index in [9.17, 15) is 0 Å². The van der Waals surface area contributed by atoms with Gasteiger partial charge in [0.25, 0.3) is 0 Å². The molecule has 1 heteroatoms. The van der Waals surface area contributed by atoms with Gasteiger partial charge in [-0.15, -0.1) is 0 Å². The van der Waals surface area contributed by atoms with Crippen LogP contribution in [0.4, 0.5) is 0 Å². The summed E-state index contributed by atoms with van der Waals surface area (Å²) in [7, 11) is 0. The number of nitrogens with zero attached hydrogens (tertiary/aromatic N) is 1. The first-order valence-corrected chi connectivity index (χ1v) is 21.1. The lowest BCUT2D eigenvalue weighted by molar-refractivity contribution is 0.768. The van der Waals surface area contributed by atoms with Crippen molar-refractivity contribution in [3.05, 3.63) is 259 Å². The molecule has 1 aromatic heterocycles. The molecular weight excluding hydrogens is 735 g/mol. The van der Waals surface area contributed by atoms with Crippen LogP contribution in [0.3, 0.4) is 0 Å². The Morgan fingerprint density at radius 1 is 0.262 bits per heavy atom. The molecule has 0 saturated carbocycles. The van der Waals surface area contributed by atoms with Crippen molar-refractivity contribution in [3.63, 3.8) is 0 Å². The first kappa shape index (κ1) is 35.1. The molecule has 0 bridgehead atoms. The van der Waals surface area contributed by atoms with Gasteiger partial charge < -0.3 is 0 Å². The molecule has 1 aliphatic carbocycles. The number of benzene rings is 10. The standard InChI is InChI=1S/C60H39N/c1-5-18-40(19-6-1)44-38-57(41-20-7-2-8-21-41)61-58(39-44)52-30-17-29-51-48-27-14-13-26-47(48)49-34-32-42(37-54(49)59(51)52)43-33-35-56-53(36-43)50-28-15-16-31-55(50)60(56,45-22-9-3-10-23-45)46-24-11-4-12-25-46/h1-39H. The van der Waals surface area contributed by atoms with Crippen LogP contribution in [-0.4, -0.2) is 4.98 Å². The van der Waals surface area contributed by atoms with E-state index in [-0.39, 0.29) is 0 Å². The van der Waals surface area contributed by atoms with E-state index in [1.54, 1.807) is 0 Å². The van der Waals surface area contributed by atoms with E-state index in [0.29, 0.717) is 0 Å². The summed E-state index contributed by atoms with van der Waals surface area (Å²) in [5.74, 6) is 0. The monoisotopic (exact) mass is 773 g/mol. The van der Waals surface area contributed by atoms with Crippen molar-refractivity contribution in [1.82, 2.24) is 4.98 Å². The van der Waals surface area contributed by atoms with Gasteiger partial charge in [0.05, 0.1) is 16.8 Å². The highest BCUT2D eigenvalue weighted by molar-refractivity contribution is 6.28. The normalized spacial score (nSPS) is 12.7. The fourth-order valence-corrected chi connectivity index (χ4v) is 10.3. The molecule has 0 unspecified atom stereocenters. The predicted molar refractivity (Wildman–Crippen MR) is 256 cm³/mol. The maximum absolute atomic E-state index is 5.44. The van der Waals surface area contributed by atoms with Crippen LogP contribution in [0.15, 0.2) is 237 Å². The third-order valence-electron chi connectivity index (χ3n) is 12.9. The molecule has 10 aromatic carbocycles. The molecule has 284 valence electrons. The van der Waals surface area contributed by atoms with Crippen LogP contribution in [0.1, 0.15) is 22.3 Å². The van der Waals surface area contributed by atoms with Crippen LogP contribution < -0.4 is 0 Å². The van der Waals surface area contributed by atoms with Gasteiger partial charge in [-0.1, -0.05) is 212 Å². The van der Waals surface area contributed by atoms with Gasteiger partial charge in [0, 0.05) is 11.1 Å². The zero-order valence-electron chi connectivity index (χ0n) is 33.5. The first-order valence-electron chi connectivity index (χ1n) is 21.1. The van der Waals surface area contributed by atoms with Gasteiger partial charge in [-0.25, -0.2) is 4.98 Å². The summed E-state index contributed by atoms with van der Waals surface area (Å²) in [6.45, 7) is 0. The number of hydrogen-bond acceptors (Lipinski definition) is 1. The SMILES string of the molecule is c1ccc(-c2cc(-c3ccccc3)nc(-c3cccc4c5ccccc5c5ccc(-c6ccc7c(c6)-c6ccccc6C7(c6ccccc6)c6ccccc6)cc5c34)c2)cc1. The van der Waals surface area contributed by atoms with Crippen molar-refractivity contribution in [1.29, 1.82) is 0 Å². The third-order valence-corrected chi connectivity index (χ3v) is 12.9. The average molecular weight is 774 g/mol. The summed E-state index contributed by atoms with van der Waals surface area (Å²) in [6.07, 6.45) is 0. The number of rotatable bonds is 6. The molecule has 0 atom stereocenters. The maximum atomic E-state index is 5.44. The topological polar surface area (TPSA) is 12.9 Å². The van der Waals surface area contributed by atoms with E-state index in [4.69, 9.17) is 4.98 Å². The van der Waals surface area contributed by atoms with Crippen molar-refractivity contribution in [2.45, 2.75) is 5.41 Å². The quantitative estimate of drug-likeness (QED) is 0.153. The van der Waals surface area contributed by atoms with E-state index in [2.05, 4.69) is 237 Å². The van der Waals surface area contributed by atoms with Gasteiger partial charge in [-0.05, 0) is 112 Å². The lowest BCUT2D eigenvalue weighted by Crippen LogP contribution is -2.28. The summed E-state index contributed by atoms with van der Waals surface area (Å²) < 4.78 is 0. The molecule has 0 saturated heterocycles. The molecule has 0 N–H and O–H groups in total. The molecule has 1 aliphatic rings. The predicted octanol–water partition coefficient (Wildman–Crippen LogP) is 15.6. The smallest absolute Gasteiger partial charge is 0.0722 e. The minimum Gasteiger partial charge on any atom is -0.248 e. The zero-order chi connectivity index (χ0) is 40.3. The van der Waals surface area contributed by atoms with Crippen LogP contribution in [0, 0.1) is 0 Å². The van der Waals surface area contributed by atoms with E-state index in [1.165, 1.54) is 82.4 Å². The fourth-order valence-electron chi connectivity index (χ4n) is 10.3. The van der Waals surface area contributed by atoms with Gasteiger partial charge >= 0.3 is 0 Å². The minimum absolute atomic E-state index is 0.430. The number of fused-ring (bicyclic) bond motifs is 9. The van der Waals surface area contributed by atoms with Crippen molar-refractivity contribution < 1.29 is 0 Å². The summed E-state index contributed by atoms with van der Waals surface area (Å²) in [6, 6.07) is 86.6. The highest BCUT2D eigenvalue weighted by Gasteiger charge is 2.46. The average Bonchev–Trinajstić information content (AvgIpc) is 3.65. The summed E-state index contributed by atoms with van der Waals surface area (Å²) >= 11 is 0. The Kier molecular flexibility index (Phi) is 8.15. The van der Waals surface area contributed by atoms with Gasteiger partial charge in [-0.3, -0.25) is 0 Å². The van der Waals surface area contributed by atoms with E-state index < -0.39 is 5.41 Å². The second kappa shape index (κ2) is 14.2. The van der Waals surface area contributed by atoms with E-state index >= 15 is 0 Å². The van der Waals surface area contributed by atoms with Crippen LogP contribution >= 0.6 is 0 Å². The second-order valence-corrected chi connectivity index (χ2v) is 16.2. The summed E-state index contributed by atoms with van der Waals surface area (Å²) in [5, 5.41) is 7.40. The van der Waals surface area contributed by atoms with Crippen LogP contribution in [0.2, 0.25) is 0 Å². The molecule has 0 spiro atoms. The Morgan fingerprint density at radius 2 is 0.770 bits per heavy atom. The lowest BCUT2D eigenvalue weighted by Gasteiger charge is -2.33. The van der Waals surface area contributed by atoms with Gasteiger partial charge in [-0.2, -0.15) is 0 Å². The van der Waals surface area contributed by atoms with Crippen LogP contribution in [0.25, 0.3) is 88.2 Å². The lowest BCUT2D eigenvalue weighted by atomic mass is 9.67. The molecule has 61 heavy (non-hydrogen) atoms. The van der Waals surface area contributed by atoms with Crippen molar-refractivity contribution in [2.75, 3.05) is 0 Å². The highest BCUT2D eigenvalue weighted by atomic mass is 14.7. The maximum Gasteiger partial charge on any atom is 0.0722 e. The fraction of sp³-hybridized carbons (Fsp3) is 0.0167. The molecule has 0 aliphatic heterocycles. The molecule has 0 fully saturated rings. The Labute approximate surface area is 355 Å². The Balaban J connectivity index is 1.11. The molecule has 0 amide bonds. The first-order chi connectivity index (χ1) is 30.3. The molecule has 1 heterocycles. The van der Waals surface area contributed by atoms with Gasteiger partial charge in [0.15, 0.2) is 0 Å². The third kappa shape index (κ3) is 5.51. The van der Waals surface area contributed by atoms with Gasteiger partial charge in [0.2, 0.25) is 0 Å². The Bertz CT molecular complexity index is 3350. The minimum atomic E-state index is -0.430. The molecule has 0 radical (unpaired) electrons. The second-order valence-electron chi connectivity index (χ2n) is 16.2. The molecule has 12 rings (SSSR count). The van der Waals surface area contributed by atoms with Gasteiger partial charge in [0.1, 0.15) is 0 Å². The summed E-state index contributed by atoms with van der Waals surface area (Å²) in [4.78, 5) is 5.44. The zero-order valence-corrected chi connectivity index (χ0v) is 33.5. The summed E-state index contributed by atoms with van der Waals surface area (Å²) in [5.41, 5.74) is 16.2. The van der Waals surface area contributed by atoms with E-state index in [0.717, 1.165) is 28.1 Å². The van der Waals surface area contributed by atoms with Crippen molar-refractivity contribution in [3.8, 4) is 55.9 Å². The molecule has 1 nitrogen and oxygen atoms in total. The van der Waals surface area contributed by atoms with Crippen molar-refractivity contribution >= 4 is 32.3 Å². The largest absolute Gasteiger partial charge is 0.248 e. The number of pyridine rings is 1. The van der Waals surface area contributed by atoms with Crippen molar-refractivity contribution in [2.24, 2.45) is 0 Å².